The van der Waals surface area contributed by atoms with E-state index in [1.165, 1.54) is 56.1 Å². The van der Waals surface area contributed by atoms with Gasteiger partial charge >= 0.3 is 0 Å². The summed E-state index contributed by atoms with van der Waals surface area (Å²) in [5, 5.41) is 8.62. The Balaban J connectivity index is 1.94. The third kappa shape index (κ3) is 2.40. The van der Waals surface area contributed by atoms with E-state index in [9.17, 15) is 0 Å². The van der Waals surface area contributed by atoms with E-state index in [-0.39, 0.29) is 0 Å². The zero-order chi connectivity index (χ0) is 11.4. The maximum absolute atomic E-state index is 8.62. The van der Waals surface area contributed by atoms with E-state index in [0.717, 1.165) is 24.8 Å². The van der Waals surface area contributed by atoms with Crippen LogP contribution in [-0.2, 0) is 0 Å². The lowest BCUT2D eigenvalue weighted by molar-refractivity contribution is -0.947. The minimum atomic E-state index is 0.757. The van der Waals surface area contributed by atoms with Crippen LogP contribution in [0.1, 0.15) is 51.4 Å². The number of unbranched alkanes of at least 4 members (excludes halogenated alkanes) is 1. The van der Waals surface area contributed by atoms with E-state index >= 15 is 0 Å². The van der Waals surface area contributed by atoms with Crippen molar-refractivity contribution >= 4 is 0 Å². The average Bonchev–Trinajstić information content (AvgIpc) is 2.29. The molecule has 0 radical (unpaired) electrons. The highest BCUT2D eigenvalue weighted by Crippen LogP contribution is 2.38. The summed E-state index contributed by atoms with van der Waals surface area (Å²) in [5.74, 6) is 0.910. The van der Waals surface area contributed by atoms with Crippen molar-refractivity contribution in [2.45, 2.75) is 57.4 Å². The molecule has 90 valence electrons. The second-order valence-corrected chi connectivity index (χ2v) is 5.94. The highest BCUT2D eigenvalue weighted by Gasteiger charge is 2.42. The monoisotopic (exact) mass is 221 g/mol. The SMILES string of the molecule is C[N@+]12CCCC[C@@H]1[C@@H](CCCC#N)CCC2. The van der Waals surface area contributed by atoms with Crippen molar-refractivity contribution in [2.75, 3.05) is 20.1 Å². The molecule has 0 bridgehead atoms. The van der Waals surface area contributed by atoms with Crippen molar-refractivity contribution in [3.63, 3.8) is 0 Å². The van der Waals surface area contributed by atoms with Crippen LogP contribution in [0.3, 0.4) is 0 Å². The van der Waals surface area contributed by atoms with Gasteiger partial charge in [-0.05, 0) is 44.9 Å². The Morgan fingerprint density at radius 2 is 2.00 bits per heavy atom. The van der Waals surface area contributed by atoms with Gasteiger partial charge in [0.25, 0.3) is 0 Å². The Morgan fingerprint density at radius 1 is 1.19 bits per heavy atom. The number of fused-ring (bicyclic) bond motifs is 1. The summed E-state index contributed by atoms with van der Waals surface area (Å²) in [4.78, 5) is 0. The summed E-state index contributed by atoms with van der Waals surface area (Å²) in [5.41, 5.74) is 0. The van der Waals surface area contributed by atoms with E-state index in [1.807, 2.05) is 0 Å². The van der Waals surface area contributed by atoms with Gasteiger partial charge in [-0.3, -0.25) is 0 Å². The van der Waals surface area contributed by atoms with Gasteiger partial charge in [-0.1, -0.05) is 0 Å². The summed E-state index contributed by atoms with van der Waals surface area (Å²) in [6.45, 7) is 2.80. The zero-order valence-electron chi connectivity index (χ0n) is 10.6. The van der Waals surface area contributed by atoms with Gasteiger partial charge < -0.3 is 4.48 Å². The number of nitrogens with zero attached hydrogens (tertiary/aromatic N) is 2. The van der Waals surface area contributed by atoms with Gasteiger partial charge in [-0.2, -0.15) is 5.26 Å². The number of quaternary nitrogens is 1. The van der Waals surface area contributed by atoms with E-state index in [0.29, 0.717) is 0 Å². The Hall–Kier alpha value is -0.550. The van der Waals surface area contributed by atoms with Gasteiger partial charge in [0.2, 0.25) is 0 Å². The maximum Gasteiger partial charge on any atom is 0.0916 e. The van der Waals surface area contributed by atoms with Crippen molar-refractivity contribution in [3.8, 4) is 6.07 Å². The van der Waals surface area contributed by atoms with Crippen LogP contribution in [0.2, 0.25) is 0 Å². The maximum atomic E-state index is 8.62. The molecule has 2 heteroatoms. The fourth-order valence-corrected chi connectivity index (χ4v) is 4.01. The largest absolute Gasteiger partial charge is 0.323 e. The van der Waals surface area contributed by atoms with E-state index in [2.05, 4.69) is 13.1 Å². The minimum absolute atomic E-state index is 0.757. The van der Waals surface area contributed by atoms with E-state index < -0.39 is 0 Å². The van der Waals surface area contributed by atoms with Gasteiger partial charge in [0, 0.05) is 12.3 Å². The normalized spacial score (nSPS) is 38.8. The molecule has 2 fully saturated rings. The lowest BCUT2D eigenvalue weighted by Crippen LogP contribution is -2.60. The van der Waals surface area contributed by atoms with Gasteiger partial charge in [0.05, 0.1) is 32.2 Å². The van der Waals surface area contributed by atoms with Crippen LogP contribution in [0, 0.1) is 17.2 Å². The first-order chi connectivity index (χ1) is 7.76. The minimum Gasteiger partial charge on any atom is -0.323 e. The first-order valence-corrected chi connectivity index (χ1v) is 6.97. The fraction of sp³-hybridized carbons (Fsp3) is 0.929. The van der Waals surface area contributed by atoms with Crippen LogP contribution >= 0.6 is 0 Å². The Bertz CT molecular complexity index is 264. The molecule has 2 nitrogen and oxygen atoms in total. The van der Waals surface area contributed by atoms with Gasteiger partial charge in [0.1, 0.15) is 0 Å². The van der Waals surface area contributed by atoms with Gasteiger partial charge in [-0.15, -0.1) is 0 Å². The molecule has 2 rings (SSSR count). The van der Waals surface area contributed by atoms with Crippen LogP contribution in [0.25, 0.3) is 0 Å². The van der Waals surface area contributed by atoms with Gasteiger partial charge in [-0.25, -0.2) is 0 Å². The molecule has 2 saturated heterocycles. The third-order valence-corrected chi connectivity index (χ3v) is 4.87. The van der Waals surface area contributed by atoms with Crippen molar-refractivity contribution < 1.29 is 4.48 Å². The molecular weight excluding hydrogens is 196 g/mol. The quantitative estimate of drug-likeness (QED) is 0.531. The Morgan fingerprint density at radius 3 is 2.81 bits per heavy atom. The molecule has 0 aliphatic carbocycles. The second kappa shape index (κ2) is 5.19. The summed E-state index contributed by atoms with van der Waals surface area (Å²) in [6.07, 6.45) is 10.3. The van der Waals surface area contributed by atoms with Crippen LogP contribution < -0.4 is 0 Å². The Labute approximate surface area is 99.8 Å². The predicted octanol–water partition coefficient (Wildman–Crippen LogP) is 3.09. The highest BCUT2D eigenvalue weighted by atomic mass is 15.4. The molecule has 0 N–H and O–H groups in total. The highest BCUT2D eigenvalue weighted by molar-refractivity contribution is 4.80. The average molecular weight is 221 g/mol. The van der Waals surface area contributed by atoms with Crippen molar-refractivity contribution in [1.82, 2.24) is 0 Å². The standard InChI is InChI=1S/C14H25N2/c1-16-11-5-3-9-14(16)13(8-6-12-16)7-2-4-10-15/h13-14H,2-9,11-12H2,1H3/q+1/t13-,14+,16+/m0/s1. The van der Waals surface area contributed by atoms with Crippen LogP contribution in [-0.4, -0.2) is 30.7 Å². The molecule has 2 heterocycles. The number of piperidine rings is 2. The van der Waals surface area contributed by atoms with Gasteiger partial charge in [0.15, 0.2) is 0 Å². The number of rotatable bonds is 3. The molecular formula is C14H25N2+. The summed E-state index contributed by atoms with van der Waals surface area (Å²) < 4.78 is 1.34. The fourth-order valence-electron chi connectivity index (χ4n) is 4.01. The molecule has 0 aromatic carbocycles. The van der Waals surface area contributed by atoms with Crippen molar-refractivity contribution in [3.05, 3.63) is 0 Å². The number of hydrogen-bond donors (Lipinski definition) is 0. The molecule has 3 atom stereocenters. The van der Waals surface area contributed by atoms with Crippen molar-refractivity contribution in [2.24, 2.45) is 5.92 Å². The molecule has 0 aromatic heterocycles. The zero-order valence-corrected chi connectivity index (χ0v) is 10.6. The van der Waals surface area contributed by atoms with Crippen LogP contribution in [0.5, 0.6) is 0 Å². The smallest absolute Gasteiger partial charge is 0.0916 e. The lowest BCUT2D eigenvalue weighted by atomic mass is 9.79. The molecule has 16 heavy (non-hydrogen) atoms. The summed E-state index contributed by atoms with van der Waals surface area (Å²) in [7, 11) is 2.47. The molecule has 0 unspecified atom stereocenters. The first kappa shape index (κ1) is 11.9. The summed E-state index contributed by atoms with van der Waals surface area (Å²) >= 11 is 0. The lowest BCUT2D eigenvalue weighted by Gasteiger charge is -2.51. The van der Waals surface area contributed by atoms with Crippen LogP contribution in [0.15, 0.2) is 0 Å². The predicted molar refractivity (Wildman–Crippen MR) is 65.7 cm³/mol. The number of hydrogen-bond acceptors (Lipinski definition) is 1. The molecule has 0 amide bonds. The molecule has 0 aromatic rings. The molecule has 2 aliphatic rings. The van der Waals surface area contributed by atoms with Crippen LogP contribution in [0.4, 0.5) is 0 Å². The first-order valence-electron chi connectivity index (χ1n) is 6.97. The van der Waals surface area contributed by atoms with E-state index in [1.54, 1.807) is 0 Å². The molecule has 0 spiro atoms. The Kier molecular flexibility index (Phi) is 3.86. The number of nitriles is 1. The topological polar surface area (TPSA) is 23.8 Å². The summed E-state index contributed by atoms with van der Waals surface area (Å²) in [6, 6.07) is 3.20. The van der Waals surface area contributed by atoms with Crippen molar-refractivity contribution in [1.29, 1.82) is 5.26 Å². The second-order valence-electron chi connectivity index (χ2n) is 5.94. The van der Waals surface area contributed by atoms with E-state index in [4.69, 9.17) is 5.26 Å². The molecule has 2 aliphatic heterocycles. The third-order valence-electron chi connectivity index (χ3n) is 4.87. The molecule has 0 saturated carbocycles.